The first-order chi connectivity index (χ1) is 6.54. The summed E-state index contributed by atoms with van der Waals surface area (Å²) < 4.78 is 1.68. The molecule has 0 fully saturated rings. The third-order valence-corrected chi connectivity index (χ3v) is 3.89. The van der Waals surface area contributed by atoms with Gasteiger partial charge in [-0.25, -0.2) is 0 Å². The lowest BCUT2D eigenvalue weighted by atomic mass is 10.3. The summed E-state index contributed by atoms with van der Waals surface area (Å²) in [5.74, 6) is -0.180. The SMILES string of the molecule is C[C@@H](CO)NC(=O)c1cc(Br)sc1Br. The number of thiophene rings is 1. The molecule has 0 aliphatic carbocycles. The lowest BCUT2D eigenvalue weighted by Gasteiger charge is -2.09. The highest BCUT2D eigenvalue weighted by Gasteiger charge is 2.14. The molecule has 78 valence electrons. The number of aliphatic hydroxyl groups is 1. The van der Waals surface area contributed by atoms with Crippen LogP contribution in [0.3, 0.4) is 0 Å². The molecule has 1 atom stereocenters. The molecule has 0 bridgehead atoms. The maximum atomic E-state index is 11.6. The molecule has 0 aliphatic heterocycles. The maximum absolute atomic E-state index is 11.6. The smallest absolute Gasteiger partial charge is 0.253 e. The van der Waals surface area contributed by atoms with Crippen molar-refractivity contribution in [2.24, 2.45) is 0 Å². The van der Waals surface area contributed by atoms with E-state index in [0.29, 0.717) is 5.56 Å². The Morgan fingerprint density at radius 1 is 1.71 bits per heavy atom. The van der Waals surface area contributed by atoms with Crippen molar-refractivity contribution in [3.05, 3.63) is 19.2 Å². The van der Waals surface area contributed by atoms with Gasteiger partial charge in [0.2, 0.25) is 0 Å². The average molecular weight is 343 g/mol. The van der Waals surface area contributed by atoms with Gasteiger partial charge in [-0.15, -0.1) is 11.3 Å². The molecular weight excluding hydrogens is 334 g/mol. The predicted molar refractivity (Wildman–Crippen MR) is 63.7 cm³/mol. The van der Waals surface area contributed by atoms with Gasteiger partial charge in [-0.3, -0.25) is 4.79 Å². The second kappa shape index (κ2) is 5.25. The summed E-state index contributed by atoms with van der Waals surface area (Å²) in [6.07, 6.45) is 0. The van der Waals surface area contributed by atoms with Gasteiger partial charge < -0.3 is 10.4 Å². The van der Waals surface area contributed by atoms with Crippen LogP contribution in [0.1, 0.15) is 17.3 Å². The number of hydrogen-bond acceptors (Lipinski definition) is 3. The van der Waals surface area contributed by atoms with Gasteiger partial charge >= 0.3 is 0 Å². The first-order valence-corrected chi connectivity index (χ1v) is 6.31. The first kappa shape index (κ1) is 12.2. The molecule has 1 aromatic rings. The normalized spacial score (nSPS) is 12.6. The molecule has 2 N–H and O–H groups in total. The molecule has 14 heavy (non-hydrogen) atoms. The molecule has 0 aliphatic rings. The van der Waals surface area contributed by atoms with Gasteiger partial charge in [0.05, 0.1) is 19.7 Å². The van der Waals surface area contributed by atoms with Crippen LogP contribution in [0.5, 0.6) is 0 Å². The van der Waals surface area contributed by atoms with Crippen LogP contribution in [-0.4, -0.2) is 23.7 Å². The molecule has 0 unspecified atom stereocenters. The Labute approximate surface area is 103 Å². The minimum atomic E-state index is -0.229. The average Bonchev–Trinajstić information content (AvgIpc) is 2.45. The van der Waals surface area contributed by atoms with Gasteiger partial charge in [0.15, 0.2) is 0 Å². The number of rotatable bonds is 3. The lowest BCUT2D eigenvalue weighted by Crippen LogP contribution is -2.34. The summed E-state index contributed by atoms with van der Waals surface area (Å²) in [6, 6.07) is 1.52. The number of aliphatic hydroxyl groups excluding tert-OH is 1. The molecule has 6 heteroatoms. The van der Waals surface area contributed by atoms with Crippen LogP contribution < -0.4 is 5.32 Å². The Kier molecular flexibility index (Phi) is 4.56. The van der Waals surface area contributed by atoms with E-state index in [9.17, 15) is 4.79 Å². The Balaban J connectivity index is 2.74. The molecule has 1 rings (SSSR count). The number of amides is 1. The van der Waals surface area contributed by atoms with E-state index in [4.69, 9.17) is 5.11 Å². The van der Waals surface area contributed by atoms with E-state index >= 15 is 0 Å². The third-order valence-electron chi connectivity index (χ3n) is 1.55. The van der Waals surface area contributed by atoms with Gasteiger partial charge in [-0.2, -0.15) is 0 Å². The molecule has 0 saturated carbocycles. The van der Waals surface area contributed by atoms with Crippen LogP contribution in [0.25, 0.3) is 0 Å². The standard InChI is InChI=1S/C8H9Br2NO2S/c1-4(3-12)11-8(13)5-2-6(9)14-7(5)10/h2,4,12H,3H2,1H3,(H,11,13)/t4-/m0/s1. The van der Waals surface area contributed by atoms with E-state index in [-0.39, 0.29) is 18.6 Å². The minimum Gasteiger partial charge on any atom is -0.394 e. The fraction of sp³-hybridized carbons (Fsp3) is 0.375. The summed E-state index contributed by atoms with van der Waals surface area (Å²) >= 11 is 8.03. The van der Waals surface area contributed by atoms with Crippen LogP contribution in [0, 0.1) is 0 Å². The van der Waals surface area contributed by atoms with Crippen molar-refractivity contribution >= 4 is 49.1 Å². The number of carbonyl (C=O) groups is 1. The highest BCUT2D eigenvalue weighted by Crippen LogP contribution is 2.31. The fourth-order valence-electron chi connectivity index (χ4n) is 0.842. The van der Waals surface area contributed by atoms with Crippen molar-refractivity contribution in [2.45, 2.75) is 13.0 Å². The molecule has 0 radical (unpaired) electrons. The Morgan fingerprint density at radius 2 is 2.36 bits per heavy atom. The van der Waals surface area contributed by atoms with Crippen molar-refractivity contribution in [3.63, 3.8) is 0 Å². The monoisotopic (exact) mass is 341 g/mol. The second-order valence-corrected chi connectivity index (χ2v) is 6.54. The summed E-state index contributed by atoms with van der Waals surface area (Å²) in [4.78, 5) is 11.6. The van der Waals surface area contributed by atoms with E-state index in [1.54, 1.807) is 13.0 Å². The number of nitrogens with one attached hydrogen (secondary N) is 1. The Bertz CT molecular complexity index is 340. The van der Waals surface area contributed by atoms with Gasteiger partial charge in [0.25, 0.3) is 5.91 Å². The molecule has 0 aromatic carbocycles. The van der Waals surface area contributed by atoms with E-state index < -0.39 is 0 Å². The van der Waals surface area contributed by atoms with Gasteiger partial charge in [0.1, 0.15) is 0 Å². The highest BCUT2D eigenvalue weighted by atomic mass is 79.9. The largest absolute Gasteiger partial charge is 0.394 e. The van der Waals surface area contributed by atoms with Crippen LogP contribution in [0.2, 0.25) is 0 Å². The van der Waals surface area contributed by atoms with Gasteiger partial charge in [-0.1, -0.05) is 0 Å². The van der Waals surface area contributed by atoms with Crippen molar-refractivity contribution in [3.8, 4) is 0 Å². The summed E-state index contributed by atoms with van der Waals surface area (Å²) in [6.45, 7) is 1.68. The van der Waals surface area contributed by atoms with Crippen LogP contribution >= 0.6 is 43.2 Å². The molecule has 3 nitrogen and oxygen atoms in total. The van der Waals surface area contributed by atoms with Crippen LogP contribution in [0.4, 0.5) is 0 Å². The molecule has 1 heterocycles. The molecule has 1 aromatic heterocycles. The number of hydrogen-bond donors (Lipinski definition) is 2. The van der Waals surface area contributed by atoms with Crippen molar-refractivity contribution in [1.82, 2.24) is 5.32 Å². The first-order valence-electron chi connectivity index (χ1n) is 3.91. The topological polar surface area (TPSA) is 49.3 Å². The quantitative estimate of drug-likeness (QED) is 0.886. The third kappa shape index (κ3) is 3.05. The fourth-order valence-corrected chi connectivity index (χ4v) is 3.64. The van der Waals surface area contributed by atoms with Crippen LogP contribution in [0.15, 0.2) is 13.6 Å². The van der Waals surface area contributed by atoms with E-state index in [1.165, 1.54) is 11.3 Å². The summed E-state index contributed by atoms with van der Waals surface area (Å²) in [5, 5.41) is 11.4. The predicted octanol–water partition coefficient (Wildman–Crippen LogP) is 2.38. The van der Waals surface area contributed by atoms with Gasteiger partial charge in [-0.05, 0) is 44.8 Å². The zero-order valence-electron chi connectivity index (χ0n) is 7.38. The van der Waals surface area contributed by atoms with Crippen molar-refractivity contribution in [2.75, 3.05) is 6.61 Å². The van der Waals surface area contributed by atoms with Gasteiger partial charge in [0, 0.05) is 6.04 Å². The lowest BCUT2D eigenvalue weighted by molar-refractivity contribution is 0.0922. The minimum absolute atomic E-state index is 0.0608. The number of carbonyl (C=O) groups excluding carboxylic acids is 1. The number of halogens is 2. The summed E-state index contributed by atoms with van der Waals surface area (Å²) in [5.41, 5.74) is 0.585. The highest BCUT2D eigenvalue weighted by molar-refractivity contribution is 9.12. The second-order valence-electron chi connectivity index (χ2n) is 2.79. The van der Waals surface area contributed by atoms with Crippen molar-refractivity contribution < 1.29 is 9.90 Å². The summed E-state index contributed by atoms with van der Waals surface area (Å²) in [7, 11) is 0. The Hall–Kier alpha value is 0.0900. The molecule has 0 saturated heterocycles. The molecular formula is C8H9Br2NO2S. The Morgan fingerprint density at radius 3 is 2.79 bits per heavy atom. The zero-order chi connectivity index (χ0) is 10.7. The van der Waals surface area contributed by atoms with Crippen molar-refractivity contribution in [1.29, 1.82) is 0 Å². The molecule has 1 amide bonds. The van der Waals surface area contributed by atoms with E-state index in [1.807, 2.05) is 0 Å². The van der Waals surface area contributed by atoms with E-state index in [2.05, 4.69) is 37.2 Å². The van der Waals surface area contributed by atoms with E-state index in [0.717, 1.165) is 7.57 Å². The maximum Gasteiger partial charge on any atom is 0.253 e. The van der Waals surface area contributed by atoms with Crippen LogP contribution in [-0.2, 0) is 0 Å². The zero-order valence-corrected chi connectivity index (χ0v) is 11.4. The molecule has 0 spiro atoms.